The summed E-state index contributed by atoms with van der Waals surface area (Å²) in [5.74, 6) is 3.01. The second kappa shape index (κ2) is 10.3. The highest BCUT2D eigenvalue weighted by Crippen LogP contribution is 2.53. The molecule has 27 heavy (non-hydrogen) atoms. The normalized spacial score (nSPS) is 32.5. The van der Waals surface area contributed by atoms with E-state index in [-0.39, 0.29) is 5.92 Å². The molecule has 2 aliphatic carbocycles. The van der Waals surface area contributed by atoms with Crippen LogP contribution in [0, 0.1) is 46.8 Å². The number of nitriles is 1. The summed E-state index contributed by atoms with van der Waals surface area (Å²) in [6.45, 7) is 17.9. The molecule has 0 spiro atoms. The lowest BCUT2D eigenvalue weighted by Gasteiger charge is -2.48. The van der Waals surface area contributed by atoms with Crippen LogP contribution < -0.4 is 0 Å². The Balaban J connectivity index is 2.31. The zero-order chi connectivity index (χ0) is 19.8. The van der Waals surface area contributed by atoms with Crippen molar-refractivity contribution < 1.29 is 0 Å². The van der Waals surface area contributed by atoms with Gasteiger partial charge in [-0.15, -0.1) is 0 Å². The molecular formula is C26H35N. The maximum absolute atomic E-state index is 9.82. The van der Waals surface area contributed by atoms with Crippen LogP contribution in [0.15, 0.2) is 73.9 Å². The fraction of sp³-hybridized carbons (Fsp3) is 0.500. The van der Waals surface area contributed by atoms with E-state index in [0.29, 0.717) is 29.6 Å². The molecule has 6 atom stereocenters. The molecule has 0 aromatic heterocycles. The van der Waals surface area contributed by atoms with Crippen molar-refractivity contribution in [2.24, 2.45) is 35.5 Å². The van der Waals surface area contributed by atoms with Crippen molar-refractivity contribution in [2.45, 2.75) is 45.4 Å². The molecule has 0 heterocycles. The van der Waals surface area contributed by atoms with Crippen molar-refractivity contribution in [1.29, 1.82) is 5.26 Å². The SMILES string of the molecule is C=C/C=C(\C=C)C1CC2CCC(/C(C=C)=C/C=C)CC2C(C(C#N)CC)C1. The summed E-state index contributed by atoms with van der Waals surface area (Å²) >= 11 is 0. The highest BCUT2D eigenvalue weighted by Gasteiger charge is 2.44. The third-order valence-corrected chi connectivity index (χ3v) is 6.90. The summed E-state index contributed by atoms with van der Waals surface area (Å²) < 4.78 is 0. The van der Waals surface area contributed by atoms with Gasteiger partial charge in [0.2, 0.25) is 0 Å². The second-order valence-electron chi connectivity index (χ2n) is 8.12. The van der Waals surface area contributed by atoms with Crippen LogP contribution in [-0.2, 0) is 0 Å². The third kappa shape index (κ3) is 4.81. The van der Waals surface area contributed by atoms with E-state index in [1.165, 1.54) is 36.8 Å². The smallest absolute Gasteiger partial charge is 0.0658 e. The first kappa shape index (κ1) is 21.2. The van der Waals surface area contributed by atoms with Gasteiger partial charge in [-0.1, -0.05) is 69.7 Å². The molecule has 0 bridgehead atoms. The zero-order valence-corrected chi connectivity index (χ0v) is 16.9. The van der Waals surface area contributed by atoms with Gasteiger partial charge in [-0.2, -0.15) is 5.26 Å². The van der Waals surface area contributed by atoms with Gasteiger partial charge in [0.1, 0.15) is 0 Å². The van der Waals surface area contributed by atoms with Crippen molar-refractivity contribution >= 4 is 0 Å². The molecule has 2 aliphatic rings. The van der Waals surface area contributed by atoms with Gasteiger partial charge in [-0.25, -0.2) is 0 Å². The lowest BCUT2D eigenvalue weighted by atomic mass is 9.56. The first-order valence-electron chi connectivity index (χ1n) is 10.4. The van der Waals surface area contributed by atoms with E-state index < -0.39 is 0 Å². The topological polar surface area (TPSA) is 23.8 Å². The molecule has 0 aliphatic heterocycles. The molecule has 2 saturated carbocycles. The number of rotatable bonds is 8. The largest absolute Gasteiger partial charge is 0.198 e. The third-order valence-electron chi connectivity index (χ3n) is 6.90. The van der Waals surface area contributed by atoms with Crippen LogP contribution in [0.2, 0.25) is 0 Å². The highest BCUT2D eigenvalue weighted by atomic mass is 14.5. The van der Waals surface area contributed by atoms with Gasteiger partial charge in [0.25, 0.3) is 0 Å². The Morgan fingerprint density at radius 3 is 2.11 bits per heavy atom. The van der Waals surface area contributed by atoms with Crippen LogP contribution in [0.1, 0.15) is 45.4 Å². The predicted octanol–water partition coefficient (Wildman–Crippen LogP) is 7.19. The second-order valence-corrected chi connectivity index (χ2v) is 8.12. The van der Waals surface area contributed by atoms with Crippen molar-refractivity contribution in [2.75, 3.05) is 0 Å². The lowest BCUT2D eigenvalue weighted by molar-refractivity contribution is 0.0409. The summed E-state index contributed by atoms with van der Waals surface area (Å²) in [6.07, 6.45) is 18.8. The van der Waals surface area contributed by atoms with Gasteiger partial charge in [0.05, 0.1) is 6.07 Å². The van der Waals surface area contributed by atoms with Gasteiger partial charge < -0.3 is 0 Å². The Morgan fingerprint density at radius 1 is 0.963 bits per heavy atom. The van der Waals surface area contributed by atoms with Gasteiger partial charge >= 0.3 is 0 Å². The van der Waals surface area contributed by atoms with Crippen LogP contribution in [0.3, 0.4) is 0 Å². The van der Waals surface area contributed by atoms with Crippen LogP contribution in [-0.4, -0.2) is 0 Å². The molecule has 0 amide bonds. The van der Waals surface area contributed by atoms with E-state index in [9.17, 15) is 5.26 Å². The average Bonchev–Trinajstić information content (AvgIpc) is 2.70. The Hall–Kier alpha value is -2.07. The fourth-order valence-corrected chi connectivity index (χ4v) is 5.59. The molecule has 1 nitrogen and oxygen atoms in total. The van der Waals surface area contributed by atoms with Crippen molar-refractivity contribution in [3.8, 4) is 6.07 Å². The average molecular weight is 362 g/mol. The predicted molar refractivity (Wildman–Crippen MR) is 117 cm³/mol. The van der Waals surface area contributed by atoms with E-state index in [1.54, 1.807) is 0 Å². The number of fused-ring (bicyclic) bond motifs is 1. The van der Waals surface area contributed by atoms with Gasteiger partial charge in [-0.05, 0) is 79.3 Å². The van der Waals surface area contributed by atoms with Crippen molar-refractivity contribution in [3.63, 3.8) is 0 Å². The van der Waals surface area contributed by atoms with Gasteiger partial charge in [-0.3, -0.25) is 0 Å². The Labute approximate surface area is 166 Å². The van der Waals surface area contributed by atoms with Crippen LogP contribution in [0.25, 0.3) is 0 Å². The van der Waals surface area contributed by atoms with Crippen LogP contribution in [0.5, 0.6) is 0 Å². The minimum absolute atomic E-state index is 0.143. The molecule has 144 valence electrons. The van der Waals surface area contributed by atoms with Crippen LogP contribution in [0.4, 0.5) is 0 Å². The molecular weight excluding hydrogens is 326 g/mol. The summed E-state index contributed by atoms with van der Waals surface area (Å²) in [5.41, 5.74) is 2.61. The number of hydrogen-bond acceptors (Lipinski definition) is 1. The fourth-order valence-electron chi connectivity index (χ4n) is 5.59. The highest BCUT2D eigenvalue weighted by molar-refractivity contribution is 5.27. The maximum Gasteiger partial charge on any atom is 0.0658 e. The standard InChI is InChI=1S/C26H35N/c1-6-11-19(8-3)22-13-14-23-15-24(20(9-4)12-7-2)17-25(26(23)16-22)21(10-5)18-27/h6-9,11-12,21-26H,1-4,10,13-17H2,5H3/b19-11+,20-12+. The van der Waals surface area contributed by atoms with E-state index in [1.807, 2.05) is 24.3 Å². The number of nitrogens with zero attached hydrogens (tertiary/aromatic N) is 1. The summed E-state index contributed by atoms with van der Waals surface area (Å²) in [4.78, 5) is 0. The molecule has 1 heteroatoms. The number of hydrogen-bond donors (Lipinski definition) is 0. The molecule has 0 aromatic carbocycles. The van der Waals surface area contributed by atoms with Crippen molar-refractivity contribution in [3.05, 3.63) is 73.9 Å². The molecule has 2 fully saturated rings. The molecule has 0 saturated heterocycles. The molecule has 0 aromatic rings. The molecule has 0 radical (unpaired) electrons. The number of allylic oxidation sites excluding steroid dienone is 8. The van der Waals surface area contributed by atoms with Crippen molar-refractivity contribution in [1.82, 2.24) is 0 Å². The molecule has 2 rings (SSSR count). The monoisotopic (exact) mass is 361 g/mol. The van der Waals surface area contributed by atoms with E-state index >= 15 is 0 Å². The molecule has 6 unspecified atom stereocenters. The maximum atomic E-state index is 9.82. The van der Waals surface area contributed by atoms with Gasteiger partial charge in [0.15, 0.2) is 0 Å². The van der Waals surface area contributed by atoms with E-state index in [4.69, 9.17) is 0 Å². The zero-order valence-electron chi connectivity index (χ0n) is 16.9. The molecule has 0 N–H and O–H groups in total. The Bertz CT molecular complexity index is 656. The van der Waals surface area contributed by atoms with Gasteiger partial charge in [0, 0.05) is 5.92 Å². The first-order chi connectivity index (χ1) is 13.1. The lowest BCUT2D eigenvalue weighted by Crippen LogP contribution is -2.40. The van der Waals surface area contributed by atoms with E-state index in [0.717, 1.165) is 12.8 Å². The summed E-state index contributed by atoms with van der Waals surface area (Å²) in [5, 5.41) is 9.82. The summed E-state index contributed by atoms with van der Waals surface area (Å²) in [6, 6.07) is 2.63. The van der Waals surface area contributed by atoms with Crippen LogP contribution >= 0.6 is 0 Å². The Kier molecular flexibility index (Phi) is 8.11. The summed E-state index contributed by atoms with van der Waals surface area (Å²) in [7, 11) is 0. The first-order valence-corrected chi connectivity index (χ1v) is 10.4. The quantitative estimate of drug-likeness (QED) is 0.420. The minimum Gasteiger partial charge on any atom is -0.198 e. The van der Waals surface area contributed by atoms with E-state index in [2.05, 4.69) is 51.5 Å². The minimum atomic E-state index is 0.143. The Morgan fingerprint density at radius 2 is 1.59 bits per heavy atom.